The molecule has 0 spiro atoms. The third-order valence-corrected chi connectivity index (χ3v) is 2.13. The molecule has 68 valence electrons. The summed E-state index contributed by atoms with van der Waals surface area (Å²) in [5, 5.41) is 17.6. The predicted octanol–water partition coefficient (Wildman–Crippen LogP) is 2.81. The molecule has 0 aliphatic carbocycles. The van der Waals surface area contributed by atoms with Crippen LogP contribution in [0.1, 0.15) is 18.4 Å². The van der Waals surface area contributed by atoms with Crippen molar-refractivity contribution in [2.75, 3.05) is 0 Å². The molecular formula is C9H7ClFNO. The van der Waals surface area contributed by atoms with Gasteiger partial charge in [-0.25, -0.2) is 4.39 Å². The molecule has 1 aromatic rings. The molecule has 2 nitrogen and oxygen atoms in total. The van der Waals surface area contributed by atoms with E-state index < -0.39 is 11.7 Å². The first kappa shape index (κ1) is 9.82. The van der Waals surface area contributed by atoms with Gasteiger partial charge in [-0.3, -0.25) is 0 Å². The lowest BCUT2D eigenvalue weighted by Gasteiger charge is -2.08. The molecular weight excluding hydrogens is 193 g/mol. The average Bonchev–Trinajstić information content (AvgIpc) is 2.12. The van der Waals surface area contributed by atoms with E-state index in [0.717, 1.165) is 12.1 Å². The van der Waals surface area contributed by atoms with E-state index in [0.29, 0.717) is 0 Å². The molecule has 0 aliphatic heterocycles. The molecule has 4 heteroatoms. The van der Waals surface area contributed by atoms with Crippen LogP contribution < -0.4 is 0 Å². The highest BCUT2D eigenvalue weighted by Crippen LogP contribution is 2.33. The zero-order valence-electron chi connectivity index (χ0n) is 6.88. The topological polar surface area (TPSA) is 44.0 Å². The zero-order chi connectivity index (χ0) is 10.0. The zero-order valence-corrected chi connectivity index (χ0v) is 7.64. The fraction of sp³-hybridized carbons (Fsp3) is 0.222. The number of aromatic hydroxyl groups is 1. The third kappa shape index (κ3) is 1.73. The van der Waals surface area contributed by atoms with Crippen molar-refractivity contribution in [3.05, 3.63) is 28.5 Å². The highest BCUT2D eigenvalue weighted by Gasteiger charge is 2.16. The van der Waals surface area contributed by atoms with Crippen molar-refractivity contribution in [1.29, 1.82) is 5.26 Å². The molecule has 0 aliphatic rings. The van der Waals surface area contributed by atoms with Crippen molar-refractivity contribution in [1.82, 2.24) is 0 Å². The van der Waals surface area contributed by atoms with Gasteiger partial charge in [0.05, 0.1) is 17.0 Å². The van der Waals surface area contributed by atoms with Crippen LogP contribution in [0.15, 0.2) is 12.1 Å². The van der Waals surface area contributed by atoms with Crippen LogP contribution >= 0.6 is 11.6 Å². The van der Waals surface area contributed by atoms with Gasteiger partial charge in [0, 0.05) is 5.56 Å². The van der Waals surface area contributed by atoms with Crippen molar-refractivity contribution >= 4 is 11.6 Å². The summed E-state index contributed by atoms with van der Waals surface area (Å²) in [4.78, 5) is 0. The molecule has 0 saturated carbocycles. The fourth-order valence-electron chi connectivity index (χ4n) is 1.02. The minimum absolute atomic E-state index is 0.0455. The maximum absolute atomic E-state index is 13.1. The minimum Gasteiger partial charge on any atom is -0.506 e. The number of benzene rings is 1. The molecule has 0 heterocycles. The van der Waals surface area contributed by atoms with Crippen LogP contribution in [-0.2, 0) is 0 Å². The monoisotopic (exact) mass is 199 g/mol. The Morgan fingerprint density at radius 1 is 1.62 bits per heavy atom. The van der Waals surface area contributed by atoms with Gasteiger partial charge >= 0.3 is 0 Å². The van der Waals surface area contributed by atoms with Crippen molar-refractivity contribution in [2.45, 2.75) is 12.8 Å². The van der Waals surface area contributed by atoms with Gasteiger partial charge < -0.3 is 5.11 Å². The third-order valence-electron chi connectivity index (χ3n) is 1.73. The first-order chi connectivity index (χ1) is 6.07. The number of hydrogen-bond acceptors (Lipinski definition) is 2. The van der Waals surface area contributed by atoms with E-state index in [1.807, 2.05) is 6.07 Å². The first-order valence-corrected chi connectivity index (χ1v) is 4.02. The number of nitrogens with zero attached hydrogens (tertiary/aromatic N) is 1. The largest absolute Gasteiger partial charge is 0.506 e. The second-order valence-corrected chi connectivity index (χ2v) is 3.02. The van der Waals surface area contributed by atoms with E-state index in [9.17, 15) is 4.39 Å². The Kier molecular flexibility index (Phi) is 2.74. The van der Waals surface area contributed by atoms with Gasteiger partial charge in [0.15, 0.2) is 0 Å². The summed E-state index contributed by atoms with van der Waals surface area (Å²) in [6.45, 7) is 1.52. The maximum atomic E-state index is 13.1. The van der Waals surface area contributed by atoms with Crippen molar-refractivity contribution < 1.29 is 9.50 Å². The Labute approximate surface area is 80.2 Å². The van der Waals surface area contributed by atoms with E-state index in [4.69, 9.17) is 22.0 Å². The van der Waals surface area contributed by atoms with Crippen molar-refractivity contribution in [3.63, 3.8) is 0 Å². The maximum Gasteiger partial charge on any atom is 0.134 e. The quantitative estimate of drug-likeness (QED) is 0.756. The van der Waals surface area contributed by atoms with Gasteiger partial charge in [-0.05, 0) is 19.1 Å². The Hall–Kier alpha value is -1.27. The van der Waals surface area contributed by atoms with Crippen LogP contribution in [0.3, 0.4) is 0 Å². The summed E-state index contributed by atoms with van der Waals surface area (Å²) in [5.74, 6) is -1.45. The molecule has 0 aromatic heterocycles. The van der Waals surface area contributed by atoms with E-state index in [-0.39, 0.29) is 16.3 Å². The summed E-state index contributed by atoms with van der Waals surface area (Å²) in [6.07, 6.45) is 0. The smallest absolute Gasteiger partial charge is 0.134 e. The van der Waals surface area contributed by atoms with Gasteiger partial charge in [0.25, 0.3) is 0 Å². The van der Waals surface area contributed by atoms with E-state index in [1.165, 1.54) is 6.92 Å². The van der Waals surface area contributed by atoms with Crippen molar-refractivity contribution in [2.24, 2.45) is 0 Å². The van der Waals surface area contributed by atoms with Gasteiger partial charge in [0.1, 0.15) is 11.6 Å². The van der Waals surface area contributed by atoms with Gasteiger partial charge in [0.2, 0.25) is 0 Å². The van der Waals surface area contributed by atoms with Crippen LogP contribution in [0.25, 0.3) is 0 Å². The van der Waals surface area contributed by atoms with Crippen LogP contribution in [0.5, 0.6) is 5.75 Å². The number of phenolic OH excluding ortho intramolecular Hbond substituents is 1. The molecule has 0 saturated heterocycles. The van der Waals surface area contributed by atoms with Crippen LogP contribution in [0, 0.1) is 17.1 Å². The number of phenols is 1. The van der Waals surface area contributed by atoms with E-state index in [2.05, 4.69) is 0 Å². The van der Waals surface area contributed by atoms with Gasteiger partial charge in [-0.15, -0.1) is 0 Å². The lowest BCUT2D eigenvalue weighted by atomic mass is 10.0. The highest BCUT2D eigenvalue weighted by atomic mass is 35.5. The number of halogens is 2. The number of hydrogen-bond donors (Lipinski definition) is 1. The van der Waals surface area contributed by atoms with E-state index in [1.54, 1.807) is 0 Å². The molecule has 1 atom stereocenters. The second kappa shape index (κ2) is 3.63. The summed E-state index contributed by atoms with van der Waals surface area (Å²) >= 11 is 5.63. The molecule has 0 amide bonds. The highest BCUT2D eigenvalue weighted by molar-refractivity contribution is 6.32. The second-order valence-electron chi connectivity index (χ2n) is 2.64. The summed E-state index contributed by atoms with van der Waals surface area (Å²) in [6, 6.07) is 4.10. The molecule has 13 heavy (non-hydrogen) atoms. The minimum atomic E-state index is -0.667. The van der Waals surface area contributed by atoms with Crippen LogP contribution in [-0.4, -0.2) is 5.11 Å². The standard InChI is InChI=1S/C9H7ClFNO/c1-5(4-12)8-6(11)2-3-7(13)9(8)10/h2-3,5,13H,1H3. The Morgan fingerprint density at radius 2 is 2.23 bits per heavy atom. The molecule has 1 N–H and O–H groups in total. The molecule has 1 aromatic carbocycles. The molecule has 0 fully saturated rings. The Balaban J connectivity index is 3.35. The molecule has 0 radical (unpaired) electrons. The predicted molar refractivity (Wildman–Crippen MR) is 47.1 cm³/mol. The van der Waals surface area contributed by atoms with Gasteiger partial charge in [-0.1, -0.05) is 11.6 Å². The first-order valence-electron chi connectivity index (χ1n) is 3.64. The molecule has 1 unspecified atom stereocenters. The van der Waals surface area contributed by atoms with Crippen LogP contribution in [0.2, 0.25) is 5.02 Å². The average molecular weight is 200 g/mol. The van der Waals surface area contributed by atoms with Crippen LogP contribution in [0.4, 0.5) is 4.39 Å². The fourth-order valence-corrected chi connectivity index (χ4v) is 1.34. The normalized spacial score (nSPS) is 12.2. The lowest BCUT2D eigenvalue weighted by Crippen LogP contribution is -1.95. The van der Waals surface area contributed by atoms with Gasteiger partial charge in [-0.2, -0.15) is 5.26 Å². The lowest BCUT2D eigenvalue weighted by molar-refractivity contribution is 0.471. The summed E-state index contributed by atoms with van der Waals surface area (Å²) in [7, 11) is 0. The SMILES string of the molecule is CC(C#N)c1c(F)ccc(O)c1Cl. The van der Waals surface area contributed by atoms with Crippen molar-refractivity contribution in [3.8, 4) is 11.8 Å². The summed E-state index contributed by atoms with van der Waals surface area (Å²) < 4.78 is 13.1. The molecule has 0 bridgehead atoms. The van der Waals surface area contributed by atoms with E-state index >= 15 is 0 Å². The Morgan fingerprint density at radius 3 is 2.77 bits per heavy atom. The number of nitriles is 1. The number of rotatable bonds is 1. The summed E-state index contributed by atoms with van der Waals surface area (Å²) in [5.41, 5.74) is 0.0455. The molecule has 1 rings (SSSR count). The Bertz CT molecular complexity index is 373.